The lowest BCUT2D eigenvalue weighted by molar-refractivity contribution is -0.100. The minimum atomic E-state index is 0.450. The van der Waals surface area contributed by atoms with E-state index in [1.807, 2.05) is 0 Å². The molecule has 0 nitrogen and oxygen atoms in total. The second-order valence-corrected chi connectivity index (χ2v) is 20.4. The van der Waals surface area contributed by atoms with Gasteiger partial charge in [-0.15, -0.1) is 0 Å². The van der Waals surface area contributed by atoms with Crippen LogP contribution in [0.3, 0.4) is 0 Å². The Morgan fingerprint density at radius 3 is 0.487 bits per heavy atom. The third-order valence-corrected chi connectivity index (χ3v) is 13.0. The maximum Gasteiger partial charge on any atom is -0.0200 e. The Labute approximate surface area is 250 Å². The molecule has 0 heterocycles. The summed E-state index contributed by atoms with van der Waals surface area (Å²) in [4.78, 5) is 0. The number of hydrogen-bond acceptors (Lipinski definition) is 0. The molecule has 39 heavy (non-hydrogen) atoms. The highest BCUT2D eigenvalue weighted by Gasteiger charge is 2.54. The molecule has 3 aliphatic rings. The summed E-state index contributed by atoms with van der Waals surface area (Å²) in [5, 5.41) is 0. The fourth-order valence-corrected chi connectivity index (χ4v) is 10.5. The minimum Gasteiger partial charge on any atom is -0.0596 e. The maximum absolute atomic E-state index is 2.43. The zero-order valence-corrected chi connectivity index (χ0v) is 31.0. The summed E-state index contributed by atoms with van der Waals surface area (Å²) in [6.45, 7) is 43.5. The molecule has 0 unspecified atom stereocenters. The van der Waals surface area contributed by atoms with E-state index in [2.05, 4.69) is 125 Å². The van der Waals surface area contributed by atoms with E-state index < -0.39 is 0 Å². The minimum absolute atomic E-state index is 0.450. The monoisotopic (exact) mass is 547 g/mol. The van der Waals surface area contributed by atoms with E-state index in [-0.39, 0.29) is 0 Å². The molecule has 0 aromatic heterocycles. The fourth-order valence-electron chi connectivity index (χ4n) is 10.5. The molecule has 0 N–H and O–H groups in total. The van der Waals surface area contributed by atoms with Crippen molar-refractivity contribution in [3.05, 3.63) is 0 Å². The molecule has 3 fully saturated rings. The highest BCUT2D eigenvalue weighted by Crippen LogP contribution is 2.63. The van der Waals surface area contributed by atoms with Crippen LogP contribution in [0.5, 0.6) is 0 Å². The summed E-state index contributed by atoms with van der Waals surface area (Å²) >= 11 is 0. The Morgan fingerprint density at radius 1 is 0.231 bits per heavy atom. The molecule has 0 bridgehead atoms. The largest absolute Gasteiger partial charge is 0.0596 e. The van der Waals surface area contributed by atoms with Crippen molar-refractivity contribution in [3.8, 4) is 0 Å². The van der Waals surface area contributed by atoms with Gasteiger partial charge in [-0.25, -0.2) is 0 Å². The van der Waals surface area contributed by atoms with Crippen LogP contribution in [0.4, 0.5) is 0 Å². The first-order valence-corrected chi connectivity index (χ1v) is 17.1. The van der Waals surface area contributed by atoms with Gasteiger partial charge in [-0.3, -0.25) is 0 Å². The van der Waals surface area contributed by atoms with Crippen LogP contribution in [0.25, 0.3) is 0 Å². The smallest absolute Gasteiger partial charge is 0.0200 e. The Morgan fingerprint density at radius 2 is 0.385 bits per heavy atom. The maximum atomic E-state index is 2.43. The van der Waals surface area contributed by atoms with Gasteiger partial charge in [0.2, 0.25) is 0 Å². The van der Waals surface area contributed by atoms with Crippen LogP contribution < -0.4 is 0 Å². The SMILES string of the molecule is CC(C)(C)C1(C(C)(C)C)CCC1.CC(C)(C)C1(C(C)(C)C)CCCC1.CC(C)(C)C1(C(C)(C)C)CCCCC1. The molecule has 3 aliphatic carbocycles. The highest BCUT2D eigenvalue weighted by molar-refractivity contribution is 5.04. The lowest BCUT2D eigenvalue weighted by Crippen LogP contribution is -2.51. The molecule has 0 aliphatic heterocycles. The molecular weight excluding hydrogens is 468 g/mol. The highest BCUT2D eigenvalue weighted by atomic mass is 14.6. The van der Waals surface area contributed by atoms with E-state index in [0.29, 0.717) is 48.7 Å². The van der Waals surface area contributed by atoms with Crippen LogP contribution in [0.2, 0.25) is 0 Å². The summed E-state index contributed by atoms with van der Waals surface area (Å²) in [7, 11) is 0. The Bertz CT molecular complexity index is 671. The van der Waals surface area contributed by atoms with Gasteiger partial charge in [0.05, 0.1) is 0 Å². The molecule has 3 rings (SSSR count). The van der Waals surface area contributed by atoms with Gasteiger partial charge in [0.25, 0.3) is 0 Å². The van der Waals surface area contributed by atoms with Crippen LogP contribution in [-0.2, 0) is 0 Å². The first kappa shape index (κ1) is 37.0. The molecule has 0 heteroatoms. The average Bonchev–Trinajstić information content (AvgIpc) is 3.16. The van der Waals surface area contributed by atoms with Gasteiger partial charge in [-0.05, 0) is 87.3 Å². The summed E-state index contributed by atoms with van der Waals surface area (Å²) < 4.78 is 0. The van der Waals surface area contributed by atoms with E-state index in [9.17, 15) is 0 Å². The zero-order chi connectivity index (χ0) is 31.0. The molecule has 0 atom stereocenters. The van der Waals surface area contributed by atoms with Crippen LogP contribution in [-0.4, -0.2) is 0 Å². The quantitative estimate of drug-likeness (QED) is 0.283. The summed E-state index contributed by atoms with van der Waals surface area (Å²) in [6.07, 6.45) is 17.2. The van der Waals surface area contributed by atoms with Crippen molar-refractivity contribution in [2.45, 2.75) is 202 Å². The number of rotatable bonds is 0. The van der Waals surface area contributed by atoms with Gasteiger partial charge in [0.15, 0.2) is 0 Å². The van der Waals surface area contributed by atoms with Crippen molar-refractivity contribution in [1.82, 2.24) is 0 Å². The third kappa shape index (κ3) is 7.51. The average molecular weight is 547 g/mol. The van der Waals surface area contributed by atoms with E-state index >= 15 is 0 Å². The topological polar surface area (TPSA) is 0 Å². The van der Waals surface area contributed by atoms with E-state index in [1.54, 1.807) is 0 Å². The predicted octanol–water partition coefficient (Wildman–Crippen LogP) is 13.9. The van der Waals surface area contributed by atoms with E-state index in [1.165, 1.54) is 77.0 Å². The van der Waals surface area contributed by atoms with Gasteiger partial charge < -0.3 is 0 Å². The van der Waals surface area contributed by atoms with Gasteiger partial charge in [0.1, 0.15) is 0 Å². The third-order valence-electron chi connectivity index (χ3n) is 13.0. The van der Waals surface area contributed by atoms with Crippen LogP contribution >= 0.6 is 0 Å². The Kier molecular flexibility index (Phi) is 11.3. The second-order valence-electron chi connectivity index (χ2n) is 20.4. The first-order valence-electron chi connectivity index (χ1n) is 17.1. The van der Waals surface area contributed by atoms with Crippen molar-refractivity contribution in [3.63, 3.8) is 0 Å². The lowest BCUT2D eigenvalue weighted by Gasteiger charge is -2.60. The zero-order valence-electron chi connectivity index (χ0n) is 31.0. The number of hydrogen-bond donors (Lipinski definition) is 0. The summed E-state index contributed by atoms with van der Waals surface area (Å²) in [5.74, 6) is 0. The lowest BCUT2D eigenvalue weighted by atomic mass is 9.45. The summed E-state index contributed by atoms with van der Waals surface area (Å²) in [6, 6.07) is 0. The standard InChI is InChI=1S/C14H28.C13H26.C12H24/c1-12(2,3)14(13(4,5)6)10-8-7-9-11-14;1-11(2,3)13(12(4,5)6)9-7-8-10-13;1-10(2,3)12(8-7-9-12)11(4,5)6/h7-11H2,1-6H3;7-10H2,1-6H3;7-9H2,1-6H3. The van der Waals surface area contributed by atoms with Crippen LogP contribution in [0.15, 0.2) is 0 Å². The van der Waals surface area contributed by atoms with Crippen molar-refractivity contribution in [2.75, 3.05) is 0 Å². The van der Waals surface area contributed by atoms with E-state index in [4.69, 9.17) is 0 Å². The Hall–Kier alpha value is 0. The molecule has 0 radical (unpaired) electrons. The van der Waals surface area contributed by atoms with Crippen molar-refractivity contribution in [2.24, 2.45) is 48.7 Å². The predicted molar refractivity (Wildman–Crippen MR) is 179 cm³/mol. The molecule has 0 amide bonds. The van der Waals surface area contributed by atoms with Crippen molar-refractivity contribution < 1.29 is 0 Å². The molecule has 0 saturated heterocycles. The van der Waals surface area contributed by atoms with Gasteiger partial charge >= 0.3 is 0 Å². The second kappa shape index (κ2) is 11.9. The van der Waals surface area contributed by atoms with Gasteiger partial charge in [-0.1, -0.05) is 163 Å². The molecular formula is C39H78. The van der Waals surface area contributed by atoms with Crippen molar-refractivity contribution >= 4 is 0 Å². The van der Waals surface area contributed by atoms with Gasteiger partial charge in [0, 0.05) is 0 Å². The van der Waals surface area contributed by atoms with E-state index in [0.717, 1.165) is 0 Å². The molecule has 0 spiro atoms. The summed E-state index contributed by atoms with van der Waals surface area (Å²) in [5.41, 5.74) is 4.49. The fraction of sp³-hybridized carbons (Fsp3) is 1.00. The Balaban J connectivity index is 0.000000293. The normalized spacial score (nSPS) is 23.5. The molecule has 234 valence electrons. The van der Waals surface area contributed by atoms with Gasteiger partial charge in [-0.2, -0.15) is 0 Å². The molecule has 0 aromatic carbocycles. The first-order chi connectivity index (χ1) is 17.1. The molecule has 3 saturated carbocycles. The van der Waals surface area contributed by atoms with Crippen LogP contribution in [0.1, 0.15) is 202 Å². The molecule has 0 aromatic rings. The van der Waals surface area contributed by atoms with Crippen LogP contribution in [0, 0.1) is 48.7 Å². The van der Waals surface area contributed by atoms with Crippen molar-refractivity contribution in [1.29, 1.82) is 0 Å².